The highest BCUT2D eigenvalue weighted by molar-refractivity contribution is 5.84. The second kappa shape index (κ2) is 8.52. The van der Waals surface area contributed by atoms with Gasteiger partial charge in [0.1, 0.15) is 5.75 Å². The van der Waals surface area contributed by atoms with Gasteiger partial charge >= 0.3 is 0 Å². The second-order valence-electron chi connectivity index (χ2n) is 6.65. The van der Waals surface area contributed by atoms with Gasteiger partial charge in [-0.15, -0.1) is 0 Å². The zero-order chi connectivity index (χ0) is 18.4. The first-order valence-electron chi connectivity index (χ1n) is 9.10. The quantitative estimate of drug-likeness (QED) is 0.631. The Labute approximate surface area is 155 Å². The fourth-order valence-electron chi connectivity index (χ4n) is 2.90. The fourth-order valence-corrected chi connectivity index (χ4v) is 2.90. The number of hydrogen-bond acceptors (Lipinski definition) is 2. The summed E-state index contributed by atoms with van der Waals surface area (Å²) in [5.74, 6) is 0.632. The molecule has 3 nitrogen and oxygen atoms in total. The van der Waals surface area contributed by atoms with Gasteiger partial charge in [-0.3, -0.25) is 4.79 Å². The highest BCUT2D eigenvalue weighted by Gasteiger charge is 2.14. The van der Waals surface area contributed by atoms with Crippen molar-refractivity contribution in [3.63, 3.8) is 0 Å². The molecule has 0 saturated carbocycles. The Bertz CT molecular complexity index is 871. The van der Waals surface area contributed by atoms with Gasteiger partial charge < -0.3 is 10.1 Å². The standard InChI is InChI=1S/C23H25NO2/c1-17-9-11-19(12-10-17)6-5-15-24-23(25)18(2)26-22-14-13-20-7-3-4-8-21(20)16-22/h3-4,7-14,16,18H,5-6,15H2,1-2H3,(H,24,25)/t18-/m0/s1. The Balaban J connectivity index is 1.45. The number of benzene rings is 3. The summed E-state index contributed by atoms with van der Waals surface area (Å²) in [7, 11) is 0. The average Bonchev–Trinajstić information content (AvgIpc) is 2.66. The maximum atomic E-state index is 12.2. The maximum absolute atomic E-state index is 12.2. The lowest BCUT2D eigenvalue weighted by Crippen LogP contribution is -2.36. The van der Waals surface area contributed by atoms with E-state index in [2.05, 4.69) is 42.6 Å². The van der Waals surface area contributed by atoms with Crippen molar-refractivity contribution in [2.75, 3.05) is 6.54 Å². The van der Waals surface area contributed by atoms with E-state index < -0.39 is 6.10 Å². The molecule has 1 amide bonds. The van der Waals surface area contributed by atoms with Gasteiger partial charge in [0.2, 0.25) is 0 Å². The van der Waals surface area contributed by atoms with E-state index in [0.717, 1.165) is 23.6 Å². The van der Waals surface area contributed by atoms with E-state index in [9.17, 15) is 4.79 Å². The lowest BCUT2D eigenvalue weighted by Gasteiger charge is -2.15. The Morgan fingerprint density at radius 2 is 1.73 bits per heavy atom. The average molecular weight is 347 g/mol. The van der Waals surface area contributed by atoms with Gasteiger partial charge in [-0.1, -0.05) is 60.2 Å². The number of amides is 1. The van der Waals surface area contributed by atoms with Crippen LogP contribution in [0, 0.1) is 6.92 Å². The Kier molecular flexibility index (Phi) is 5.90. The minimum atomic E-state index is -0.518. The van der Waals surface area contributed by atoms with E-state index in [1.807, 2.05) is 36.4 Å². The number of carbonyl (C=O) groups is 1. The number of ether oxygens (including phenoxy) is 1. The summed E-state index contributed by atoms with van der Waals surface area (Å²) in [6.07, 6.45) is 1.35. The van der Waals surface area contributed by atoms with Crippen molar-refractivity contribution in [2.24, 2.45) is 0 Å². The summed E-state index contributed by atoms with van der Waals surface area (Å²) < 4.78 is 5.80. The van der Waals surface area contributed by atoms with Gasteiger partial charge in [0.15, 0.2) is 6.10 Å². The van der Waals surface area contributed by atoms with E-state index in [4.69, 9.17) is 4.74 Å². The van der Waals surface area contributed by atoms with Crippen molar-refractivity contribution in [1.29, 1.82) is 0 Å². The van der Waals surface area contributed by atoms with Crippen LogP contribution < -0.4 is 10.1 Å². The maximum Gasteiger partial charge on any atom is 0.260 e. The van der Waals surface area contributed by atoms with E-state index in [-0.39, 0.29) is 5.91 Å². The van der Waals surface area contributed by atoms with Crippen molar-refractivity contribution >= 4 is 16.7 Å². The van der Waals surface area contributed by atoms with Crippen molar-refractivity contribution in [3.05, 3.63) is 77.9 Å². The molecule has 0 saturated heterocycles. The van der Waals surface area contributed by atoms with E-state index >= 15 is 0 Å². The topological polar surface area (TPSA) is 38.3 Å². The second-order valence-corrected chi connectivity index (χ2v) is 6.65. The summed E-state index contributed by atoms with van der Waals surface area (Å²) in [4.78, 5) is 12.2. The first-order valence-corrected chi connectivity index (χ1v) is 9.10. The van der Waals surface area contributed by atoms with Crippen LogP contribution in [-0.2, 0) is 11.2 Å². The minimum absolute atomic E-state index is 0.0814. The Morgan fingerprint density at radius 1 is 1.00 bits per heavy atom. The normalized spacial score (nSPS) is 11.9. The van der Waals surface area contributed by atoms with Crippen molar-refractivity contribution < 1.29 is 9.53 Å². The van der Waals surface area contributed by atoms with E-state index in [1.54, 1.807) is 6.92 Å². The first-order chi connectivity index (χ1) is 12.6. The SMILES string of the molecule is Cc1ccc(CCCNC(=O)[C@H](C)Oc2ccc3ccccc3c2)cc1. The molecule has 3 heteroatoms. The lowest BCUT2D eigenvalue weighted by molar-refractivity contribution is -0.127. The molecule has 26 heavy (non-hydrogen) atoms. The molecule has 0 spiro atoms. The molecule has 0 aliphatic carbocycles. The summed E-state index contributed by atoms with van der Waals surface area (Å²) in [6, 6.07) is 22.5. The molecular weight excluding hydrogens is 322 g/mol. The third-order valence-electron chi connectivity index (χ3n) is 4.47. The van der Waals surface area contributed by atoms with Crippen LogP contribution in [0.1, 0.15) is 24.5 Å². The molecule has 3 aromatic carbocycles. The lowest BCUT2D eigenvalue weighted by atomic mass is 10.1. The van der Waals surface area contributed by atoms with E-state index in [0.29, 0.717) is 12.3 Å². The van der Waals surface area contributed by atoms with Crippen LogP contribution in [0.4, 0.5) is 0 Å². The van der Waals surface area contributed by atoms with Crippen LogP contribution >= 0.6 is 0 Å². The molecule has 0 radical (unpaired) electrons. The number of aryl methyl sites for hydroxylation is 2. The third-order valence-corrected chi connectivity index (χ3v) is 4.47. The molecule has 3 aromatic rings. The Hall–Kier alpha value is -2.81. The van der Waals surface area contributed by atoms with Gasteiger partial charge in [0, 0.05) is 6.54 Å². The predicted molar refractivity (Wildman–Crippen MR) is 107 cm³/mol. The van der Waals surface area contributed by atoms with E-state index in [1.165, 1.54) is 11.1 Å². The molecule has 134 valence electrons. The van der Waals surface area contributed by atoms with Crippen LogP contribution in [0.5, 0.6) is 5.75 Å². The predicted octanol–water partition coefficient (Wildman–Crippen LogP) is 4.66. The molecule has 0 bridgehead atoms. The summed E-state index contributed by atoms with van der Waals surface area (Å²) in [6.45, 7) is 4.52. The molecule has 0 aromatic heterocycles. The Morgan fingerprint density at radius 3 is 2.50 bits per heavy atom. The number of rotatable bonds is 7. The van der Waals surface area contributed by atoms with Crippen molar-refractivity contribution in [1.82, 2.24) is 5.32 Å². The summed E-state index contributed by atoms with van der Waals surface area (Å²) in [5, 5.41) is 5.22. The zero-order valence-electron chi connectivity index (χ0n) is 15.4. The molecule has 0 heterocycles. The van der Waals surface area contributed by atoms with Crippen LogP contribution in [0.15, 0.2) is 66.7 Å². The van der Waals surface area contributed by atoms with Crippen LogP contribution in [0.3, 0.4) is 0 Å². The van der Waals surface area contributed by atoms with Crippen LogP contribution in [0.2, 0.25) is 0 Å². The molecule has 0 aliphatic rings. The molecule has 0 unspecified atom stereocenters. The molecule has 3 rings (SSSR count). The number of fused-ring (bicyclic) bond motifs is 1. The largest absolute Gasteiger partial charge is 0.481 e. The van der Waals surface area contributed by atoms with Gasteiger partial charge in [-0.05, 0) is 55.2 Å². The number of nitrogens with one attached hydrogen (secondary N) is 1. The van der Waals surface area contributed by atoms with Gasteiger partial charge in [-0.2, -0.15) is 0 Å². The number of hydrogen-bond donors (Lipinski definition) is 1. The highest BCUT2D eigenvalue weighted by atomic mass is 16.5. The molecule has 1 atom stereocenters. The molecule has 1 N–H and O–H groups in total. The third kappa shape index (κ3) is 4.85. The zero-order valence-corrected chi connectivity index (χ0v) is 15.4. The van der Waals surface area contributed by atoms with Gasteiger partial charge in [0.25, 0.3) is 5.91 Å². The summed E-state index contributed by atoms with van der Waals surface area (Å²) >= 11 is 0. The van der Waals surface area contributed by atoms with Crippen LogP contribution in [0.25, 0.3) is 10.8 Å². The van der Waals surface area contributed by atoms with Crippen LogP contribution in [-0.4, -0.2) is 18.6 Å². The van der Waals surface area contributed by atoms with Crippen molar-refractivity contribution in [2.45, 2.75) is 32.8 Å². The first kappa shape index (κ1) is 18.0. The molecular formula is C23H25NO2. The highest BCUT2D eigenvalue weighted by Crippen LogP contribution is 2.21. The fraction of sp³-hybridized carbons (Fsp3) is 0.261. The van der Waals surface area contributed by atoms with Crippen molar-refractivity contribution in [3.8, 4) is 5.75 Å². The smallest absolute Gasteiger partial charge is 0.260 e. The monoisotopic (exact) mass is 347 g/mol. The molecule has 0 aliphatic heterocycles. The minimum Gasteiger partial charge on any atom is -0.481 e. The number of carbonyl (C=O) groups excluding carboxylic acids is 1. The summed E-state index contributed by atoms with van der Waals surface area (Å²) in [5.41, 5.74) is 2.56. The van der Waals surface area contributed by atoms with Gasteiger partial charge in [0.05, 0.1) is 0 Å². The van der Waals surface area contributed by atoms with Gasteiger partial charge in [-0.25, -0.2) is 0 Å². The molecule has 0 fully saturated rings.